The fourth-order valence-corrected chi connectivity index (χ4v) is 1.63. The molecule has 1 aliphatic heterocycles. The van der Waals surface area contributed by atoms with Crippen molar-refractivity contribution in [1.82, 2.24) is 11.1 Å². The molecule has 3 N–H and O–H groups in total. The van der Waals surface area contributed by atoms with Crippen LogP contribution in [0.25, 0.3) is 0 Å². The summed E-state index contributed by atoms with van der Waals surface area (Å²) in [5, 5.41) is 0. The number of morpholine rings is 1. The molecular weight excluding hydrogens is 212 g/mol. The van der Waals surface area contributed by atoms with Crippen molar-refractivity contribution in [2.24, 2.45) is 0 Å². The minimum Gasteiger partial charge on any atom is -0.379 e. The molecule has 0 bridgehead atoms. The van der Waals surface area contributed by atoms with E-state index in [1.807, 2.05) is 6.07 Å². The molecule has 1 heterocycles. The third kappa shape index (κ3) is 7.10. The average molecular weight is 238 g/mol. The van der Waals surface area contributed by atoms with Crippen LogP contribution in [0.15, 0.2) is 30.3 Å². The van der Waals surface area contributed by atoms with E-state index in [4.69, 9.17) is 4.74 Å². The molecule has 2 rings (SSSR count). The molecule has 98 valence electrons. The molecule has 0 aliphatic carbocycles. The third-order valence-corrected chi connectivity index (χ3v) is 2.80. The summed E-state index contributed by atoms with van der Waals surface area (Å²) in [7, 11) is 0. The van der Waals surface area contributed by atoms with Gasteiger partial charge in [0.1, 0.15) is 0 Å². The van der Waals surface area contributed by atoms with Crippen molar-refractivity contribution in [2.45, 2.75) is 20.3 Å². The van der Waals surface area contributed by atoms with E-state index < -0.39 is 0 Å². The zero-order valence-corrected chi connectivity index (χ0v) is 11.2. The molecule has 17 heavy (non-hydrogen) atoms. The van der Waals surface area contributed by atoms with Crippen molar-refractivity contribution < 1.29 is 4.74 Å². The molecule has 1 saturated heterocycles. The van der Waals surface area contributed by atoms with E-state index in [2.05, 4.69) is 43.0 Å². The Morgan fingerprint density at radius 2 is 1.65 bits per heavy atom. The van der Waals surface area contributed by atoms with E-state index in [1.54, 1.807) is 0 Å². The first kappa shape index (κ1) is 16.1. The highest BCUT2D eigenvalue weighted by atomic mass is 16.5. The molecule has 0 atom stereocenters. The van der Waals surface area contributed by atoms with Gasteiger partial charge in [-0.25, -0.2) is 0 Å². The van der Waals surface area contributed by atoms with Crippen LogP contribution in [0, 0.1) is 0 Å². The molecule has 0 amide bonds. The predicted molar refractivity (Wildman–Crippen MR) is 73.8 cm³/mol. The molecule has 0 saturated carbocycles. The van der Waals surface area contributed by atoms with Gasteiger partial charge < -0.3 is 10.9 Å². The minimum absolute atomic E-state index is 0. The molecule has 0 radical (unpaired) electrons. The van der Waals surface area contributed by atoms with Crippen LogP contribution in [0.5, 0.6) is 0 Å². The maximum Gasteiger partial charge on any atom is 0.0594 e. The van der Waals surface area contributed by atoms with Gasteiger partial charge in [0, 0.05) is 13.1 Å². The number of nitrogens with zero attached hydrogens (tertiary/aromatic N) is 1. The van der Waals surface area contributed by atoms with E-state index >= 15 is 0 Å². The van der Waals surface area contributed by atoms with Crippen LogP contribution in [0.3, 0.4) is 0 Å². The van der Waals surface area contributed by atoms with E-state index in [-0.39, 0.29) is 6.15 Å². The Kier molecular flexibility index (Phi) is 9.72. The van der Waals surface area contributed by atoms with Gasteiger partial charge in [-0.1, -0.05) is 44.2 Å². The molecular formula is C14H26N2O. The molecule has 1 aromatic rings. The summed E-state index contributed by atoms with van der Waals surface area (Å²) in [4.78, 5) is 2.39. The van der Waals surface area contributed by atoms with Gasteiger partial charge in [-0.2, -0.15) is 0 Å². The Morgan fingerprint density at radius 1 is 1.06 bits per heavy atom. The first-order valence-corrected chi connectivity index (χ1v) is 6.20. The van der Waals surface area contributed by atoms with Gasteiger partial charge >= 0.3 is 0 Å². The Labute approximate surface area is 105 Å². The van der Waals surface area contributed by atoms with Gasteiger partial charge in [-0.05, 0) is 18.5 Å². The maximum atomic E-state index is 5.16. The summed E-state index contributed by atoms with van der Waals surface area (Å²) < 4.78 is 5.16. The summed E-state index contributed by atoms with van der Waals surface area (Å²) in [5.41, 5.74) is 1.41. The van der Waals surface area contributed by atoms with Crippen LogP contribution in [-0.2, 0) is 11.2 Å². The predicted octanol–water partition coefficient (Wildman–Crippen LogP) is 2.75. The standard InChI is InChI=1S/C8H10.C6H13NO.H3N/c1-2-8-6-4-3-5-7-8;1-2-7-3-5-8-6-4-7;/h3-7H,2H2,1H3;2-6H2,1H3;1H3. The second-order valence-corrected chi connectivity index (χ2v) is 3.89. The topological polar surface area (TPSA) is 47.5 Å². The summed E-state index contributed by atoms with van der Waals surface area (Å²) >= 11 is 0. The van der Waals surface area contributed by atoms with Gasteiger partial charge in [0.2, 0.25) is 0 Å². The zero-order valence-electron chi connectivity index (χ0n) is 11.2. The van der Waals surface area contributed by atoms with E-state index in [0.29, 0.717) is 0 Å². The molecule has 0 aromatic heterocycles. The Balaban J connectivity index is 0.000000284. The highest BCUT2D eigenvalue weighted by molar-refractivity contribution is 5.13. The Hall–Kier alpha value is -0.900. The Morgan fingerprint density at radius 3 is 2.00 bits per heavy atom. The lowest BCUT2D eigenvalue weighted by atomic mass is 10.2. The second-order valence-electron chi connectivity index (χ2n) is 3.89. The van der Waals surface area contributed by atoms with Crippen LogP contribution >= 0.6 is 0 Å². The first-order chi connectivity index (χ1) is 7.86. The monoisotopic (exact) mass is 238 g/mol. The molecule has 3 nitrogen and oxygen atoms in total. The van der Waals surface area contributed by atoms with Crippen LogP contribution in [-0.4, -0.2) is 37.7 Å². The number of benzene rings is 1. The van der Waals surface area contributed by atoms with Crippen LogP contribution in [0.1, 0.15) is 19.4 Å². The number of likely N-dealkylation sites (N-methyl/N-ethyl adjacent to an activating group) is 1. The highest BCUT2D eigenvalue weighted by Crippen LogP contribution is 1.96. The molecule has 1 fully saturated rings. The van der Waals surface area contributed by atoms with Crippen molar-refractivity contribution >= 4 is 0 Å². The minimum atomic E-state index is 0. The van der Waals surface area contributed by atoms with Crippen molar-refractivity contribution in [2.75, 3.05) is 32.8 Å². The molecule has 0 spiro atoms. The van der Waals surface area contributed by atoms with Crippen molar-refractivity contribution in [1.29, 1.82) is 0 Å². The average Bonchev–Trinajstić information content (AvgIpc) is 2.41. The van der Waals surface area contributed by atoms with Crippen molar-refractivity contribution in [3.63, 3.8) is 0 Å². The quantitative estimate of drug-likeness (QED) is 0.862. The summed E-state index contributed by atoms with van der Waals surface area (Å²) in [5.74, 6) is 0. The van der Waals surface area contributed by atoms with Gasteiger partial charge in [0.25, 0.3) is 0 Å². The molecule has 0 unspecified atom stereocenters. The van der Waals surface area contributed by atoms with E-state index in [0.717, 1.165) is 32.7 Å². The number of aryl methyl sites for hydroxylation is 1. The number of hydrogen-bond acceptors (Lipinski definition) is 3. The van der Waals surface area contributed by atoms with Gasteiger partial charge in [0.15, 0.2) is 0 Å². The second kappa shape index (κ2) is 10.3. The van der Waals surface area contributed by atoms with Crippen molar-refractivity contribution in [3.8, 4) is 0 Å². The lowest BCUT2D eigenvalue weighted by molar-refractivity contribution is 0.0405. The number of rotatable bonds is 2. The number of hydrogen-bond donors (Lipinski definition) is 1. The third-order valence-electron chi connectivity index (χ3n) is 2.80. The van der Waals surface area contributed by atoms with E-state index in [9.17, 15) is 0 Å². The largest absolute Gasteiger partial charge is 0.379 e. The lowest BCUT2D eigenvalue weighted by Gasteiger charge is -2.24. The summed E-state index contributed by atoms with van der Waals surface area (Å²) in [6.45, 7) is 9.61. The highest BCUT2D eigenvalue weighted by Gasteiger charge is 2.05. The van der Waals surface area contributed by atoms with Gasteiger partial charge in [-0.15, -0.1) is 0 Å². The molecule has 1 aliphatic rings. The van der Waals surface area contributed by atoms with Crippen LogP contribution in [0.4, 0.5) is 0 Å². The molecule has 3 heteroatoms. The number of ether oxygens (including phenoxy) is 1. The fourth-order valence-electron chi connectivity index (χ4n) is 1.63. The summed E-state index contributed by atoms with van der Waals surface area (Å²) in [6, 6.07) is 10.5. The molecule has 1 aromatic carbocycles. The van der Waals surface area contributed by atoms with E-state index in [1.165, 1.54) is 12.1 Å². The summed E-state index contributed by atoms with van der Waals surface area (Å²) in [6.07, 6.45) is 1.14. The Bertz CT molecular complexity index is 258. The van der Waals surface area contributed by atoms with Crippen LogP contribution in [0.2, 0.25) is 0 Å². The lowest BCUT2D eigenvalue weighted by Crippen LogP contribution is -2.35. The fraction of sp³-hybridized carbons (Fsp3) is 0.571. The van der Waals surface area contributed by atoms with Gasteiger partial charge in [-0.3, -0.25) is 4.90 Å². The maximum absolute atomic E-state index is 5.16. The van der Waals surface area contributed by atoms with Crippen molar-refractivity contribution in [3.05, 3.63) is 35.9 Å². The van der Waals surface area contributed by atoms with Gasteiger partial charge in [0.05, 0.1) is 13.2 Å². The smallest absolute Gasteiger partial charge is 0.0594 e. The normalized spacial score (nSPS) is 15.4. The van der Waals surface area contributed by atoms with Crippen LogP contribution < -0.4 is 6.15 Å². The first-order valence-electron chi connectivity index (χ1n) is 6.20. The SMILES string of the molecule is CCN1CCOCC1.CCc1ccccc1.N. The zero-order chi connectivity index (χ0) is 11.6.